The van der Waals surface area contributed by atoms with Crippen LogP contribution >= 0.6 is 0 Å². The van der Waals surface area contributed by atoms with Crippen LogP contribution in [0, 0.1) is 11.8 Å². The summed E-state index contributed by atoms with van der Waals surface area (Å²) in [5, 5.41) is 3.53. The number of hydrogen-bond donors (Lipinski definition) is 1. The van der Waals surface area contributed by atoms with Crippen molar-refractivity contribution in [1.29, 1.82) is 0 Å². The maximum absolute atomic E-state index is 12.2. The number of hydrogen-bond acceptors (Lipinski definition) is 4. The Labute approximate surface area is 145 Å². The lowest BCUT2D eigenvalue weighted by Gasteiger charge is -2.01. The van der Waals surface area contributed by atoms with Crippen molar-refractivity contribution in [2.75, 3.05) is 20.8 Å². The maximum Gasteiger partial charge on any atom is 0.287 e. The molecular formula is C20H17NO4. The van der Waals surface area contributed by atoms with E-state index < -0.39 is 0 Å². The lowest BCUT2D eigenvalue weighted by molar-refractivity contribution is 0.0933. The van der Waals surface area contributed by atoms with Crippen molar-refractivity contribution < 1.29 is 18.7 Å². The highest BCUT2D eigenvalue weighted by atomic mass is 16.5. The Bertz CT molecular complexity index is 962. The van der Waals surface area contributed by atoms with Crippen LogP contribution in [-0.4, -0.2) is 26.7 Å². The zero-order valence-corrected chi connectivity index (χ0v) is 14.0. The molecule has 0 bridgehead atoms. The van der Waals surface area contributed by atoms with Gasteiger partial charge < -0.3 is 19.2 Å². The largest absolute Gasteiger partial charge is 0.495 e. The van der Waals surface area contributed by atoms with Crippen molar-refractivity contribution >= 4 is 16.9 Å². The first-order valence-corrected chi connectivity index (χ1v) is 7.69. The van der Waals surface area contributed by atoms with Crippen LogP contribution < -0.4 is 14.8 Å². The molecule has 25 heavy (non-hydrogen) atoms. The number of carbonyl (C=O) groups is 1. The van der Waals surface area contributed by atoms with E-state index in [0.717, 1.165) is 10.9 Å². The average molecular weight is 335 g/mol. The van der Waals surface area contributed by atoms with Gasteiger partial charge in [-0.3, -0.25) is 4.79 Å². The Hall–Kier alpha value is -3.39. The highest BCUT2D eigenvalue weighted by Crippen LogP contribution is 2.28. The van der Waals surface area contributed by atoms with Crippen molar-refractivity contribution in [3.63, 3.8) is 0 Å². The number of ether oxygens (including phenoxy) is 2. The van der Waals surface area contributed by atoms with Crippen LogP contribution in [0.2, 0.25) is 0 Å². The number of methoxy groups -OCH3 is 2. The van der Waals surface area contributed by atoms with E-state index in [9.17, 15) is 4.79 Å². The Balaban J connectivity index is 1.69. The number of fused-ring (bicyclic) bond motifs is 1. The van der Waals surface area contributed by atoms with Crippen LogP contribution in [0.1, 0.15) is 16.1 Å². The molecule has 5 nitrogen and oxygen atoms in total. The number of furan rings is 1. The smallest absolute Gasteiger partial charge is 0.287 e. The van der Waals surface area contributed by atoms with Gasteiger partial charge in [-0.2, -0.15) is 0 Å². The van der Waals surface area contributed by atoms with Gasteiger partial charge in [0.2, 0.25) is 0 Å². The number of para-hydroxylation sites is 2. The van der Waals surface area contributed by atoms with Gasteiger partial charge in [-0.15, -0.1) is 0 Å². The maximum atomic E-state index is 12.2. The van der Waals surface area contributed by atoms with E-state index in [1.54, 1.807) is 26.4 Å². The predicted molar refractivity (Wildman–Crippen MR) is 95.0 cm³/mol. The van der Waals surface area contributed by atoms with E-state index in [1.807, 2.05) is 36.4 Å². The third kappa shape index (κ3) is 3.59. The molecule has 3 rings (SSSR count). The van der Waals surface area contributed by atoms with Crippen molar-refractivity contribution in [3.8, 4) is 23.3 Å². The van der Waals surface area contributed by atoms with E-state index in [0.29, 0.717) is 17.1 Å². The molecule has 0 fully saturated rings. The molecule has 126 valence electrons. The van der Waals surface area contributed by atoms with Crippen molar-refractivity contribution in [2.24, 2.45) is 0 Å². The first-order chi connectivity index (χ1) is 12.2. The first kappa shape index (κ1) is 16.5. The molecule has 0 aliphatic heterocycles. The minimum Gasteiger partial charge on any atom is -0.495 e. The fourth-order valence-corrected chi connectivity index (χ4v) is 2.41. The molecule has 1 aromatic heterocycles. The molecule has 0 saturated carbocycles. The van der Waals surface area contributed by atoms with Gasteiger partial charge >= 0.3 is 0 Å². The van der Waals surface area contributed by atoms with Crippen LogP contribution in [-0.2, 0) is 0 Å². The van der Waals surface area contributed by atoms with E-state index in [4.69, 9.17) is 13.9 Å². The summed E-state index contributed by atoms with van der Waals surface area (Å²) in [6, 6.07) is 14.6. The SMILES string of the molecule is COc1ccccc1C#CCNC(=O)c1cc2cccc(OC)c2o1. The molecule has 5 heteroatoms. The molecule has 0 unspecified atom stereocenters. The monoisotopic (exact) mass is 335 g/mol. The highest BCUT2D eigenvalue weighted by Gasteiger charge is 2.13. The van der Waals surface area contributed by atoms with Crippen LogP contribution in [0.25, 0.3) is 11.0 Å². The van der Waals surface area contributed by atoms with Crippen LogP contribution in [0.5, 0.6) is 11.5 Å². The zero-order valence-electron chi connectivity index (χ0n) is 14.0. The van der Waals surface area contributed by atoms with Crippen molar-refractivity contribution in [1.82, 2.24) is 5.32 Å². The lowest BCUT2D eigenvalue weighted by atomic mass is 10.2. The summed E-state index contributed by atoms with van der Waals surface area (Å²) in [4.78, 5) is 12.2. The number of rotatable bonds is 4. The van der Waals surface area contributed by atoms with Crippen molar-refractivity contribution in [2.45, 2.75) is 0 Å². The van der Waals surface area contributed by atoms with Gasteiger partial charge in [-0.1, -0.05) is 36.1 Å². The lowest BCUT2D eigenvalue weighted by Crippen LogP contribution is -2.22. The van der Waals surface area contributed by atoms with Gasteiger partial charge in [0.05, 0.1) is 26.3 Å². The molecule has 0 aliphatic carbocycles. The summed E-state index contributed by atoms with van der Waals surface area (Å²) in [6.45, 7) is 0.199. The summed E-state index contributed by atoms with van der Waals surface area (Å²) >= 11 is 0. The predicted octanol–water partition coefficient (Wildman–Crippen LogP) is 3.23. The second kappa shape index (κ2) is 7.45. The standard InChI is InChI=1S/C20H17NO4/c1-23-16-10-4-3-7-14(16)9-6-12-21-20(22)18-13-15-8-5-11-17(24-2)19(15)25-18/h3-5,7-8,10-11,13H,12H2,1-2H3,(H,21,22). The minimum absolute atomic E-state index is 0.199. The summed E-state index contributed by atoms with van der Waals surface area (Å²) in [7, 11) is 3.16. The molecule has 0 spiro atoms. The number of carbonyl (C=O) groups excluding carboxylic acids is 1. The molecule has 3 aromatic rings. The fraction of sp³-hybridized carbons (Fsp3) is 0.150. The molecular weight excluding hydrogens is 318 g/mol. The minimum atomic E-state index is -0.326. The summed E-state index contributed by atoms with van der Waals surface area (Å²) in [5.74, 6) is 7.07. The molecule has 0 saturated heterocycles. The molecule has 1 N–H and O–H groups in total. The average Bonchev–Trinajstić information content (AvgIpc) is 3.09. The van der Waals surface area contributed by atoms with E-state index in [2.05, 4.69) is 17.2 Å². The van der Waals surface area contributed by atoms with Gasteiger partial charge in [0.25, 0.3) is 5.91 Å². The van der Waals surface area contributed by atoms with Gasteiger partial charge in [0.1, 0.15) is 5.75 Å². The van der Waals surface area contributed by atoms with Crippen LogP contribution in [0.3, 0.4) is 0 Å². The third-order valence-electron chi connectivity index (χ3n) is 3.62. The summed E-state index contributed by atoms with van der Waals surface area (Å²) in [5.41, 5.74) is 1.32. The summed E-state index contributed by atoms with van der Waals surface area (Å²) in [6.07, 6.45) is 0. The Kier molecular flexibility index (Phi) is 4.91. The zero-order chi connectivity index (χ0) is 17.6. The van der Waals surface area contributed by atoms with Gasteiger partial charge in [0, 0.05) is 5.39 Å². The molecule has 0 atom stereocenters. The Morgan fingerprint density at radius 3 is 2.64 bits per heavy atom. The molecule has 1 amide bonds. The molecule has 2 aromatic carbocycles. The van der Waals surface area contributed by atoms with Gasteiger partial charge in [-0.25, -0.2) is 0 Å². The number of nitrogens with one attached hydrogen (secondary N) is 1. The Morgan fingerprint density at radius 1 is 1.08 bits per heavy atom. The first-order valence-electron chi connectivity index (χ1n) is 7.69. The number of benzene rings is 2. The van der Waals surface area contributed by atoms with Gasteiger partial charge in [-0.05, 0) is 24.3 Å². The van der Waals surface area contributed by atoms with E-state index in [1.165, 1.54) is 0 Å². The second-order valence-electron chi connectivity index (χ2n) is 5.17. The molecule has 1 heterocycles. The van der Waals surface area contributed by atoms with E-state index in [-0.39, 0.29) is 18.2 Å². The highest BCUT2D eigenvalue weighted by molar-refractivity contribution is 5.97. The molecule has 0 radical (unpaired) electrons. The van der Waals surface area contributed by atoms with Crippen LogP contribution in [0.4, 0.5) is 0 Å². The van der Waals surface area contributed by atoms with Gasteiger partial charge in [0.15, 0.2) is 17.1 Å². The third-order valence-corrected chi connectivity index (χ3v) is 3.62. The van der Waals surface area contributed by atoms with Crippen LogP contribution in [0.15, 0.2) is 52.9 Å². The van der Waals surface area contributed by atoms with E-state index >= 15 is 0 Å². The topological polar surface area (TPSA) is 60.7 Å². The second-order valence-corrected chi connectivity index (χ2v) is 5.17. The summed E-state index contributed by atoms with van der Waals surface area (Å²) < 4.78 is 16.1. The molecule has 0 aliphatic rings. The van der Waals surface area contributed by atoms with Crippen molar-refractivity contribution in [3.05, 3.63) is 59.9 Å². The Morgan fingerprint density at radius 2 is 1.84 bits per heavy atom. The number of amides is 1. The normalized spacial score (nSPS) is 10.0. The quantitative estimate of drug-likeness (QED) is 0.744. The fourth-order valence-electron chi connectivity index (χ4n) is 2.41.